The minimum atomic E-state index is -4.38. The molecule has 0 saturated heterocycles. The van der Waals surface area contributed by atoms with Gasteiger partial charge in [0.1, 0.15) is 41.0 Å². The number of aryl methyl sites for hydroxylation is 2. The quantitative estimate of drug-likeness (QED) is 0.262. The van der Waals surface area contributed by atoms with Gasteiger partial charge in [0, 0.05) is 22.3 Å². The summed E-state index contributed by atoms with van der Waals surface area (Å²) in [5.74, 6) is 2.40. The minimum absolute atomic E-state index is 0.0589. The Bertz CT molecular complexity index is 1630. The summed E-state index contributed by atoms with van der Waals surface area (Å²) in [6.45, 7) is 14.0. The van der Waals surface area contributed by atoms with Crippen molar-refractivity contribution in [3.63, 3.8) is 0 Å². The number of hydrogen-bond acceptors (Lipinski definition) is 5. The molecule has 2 aliphatic heterocycles. The van der Waals surface area contributed by atoms with Crippen LogP contribution in [0.4, 0.5) is 0 Å². The van der Waals surface area contributed by atoms with Gasteiger partial charge in [-0.1, -0.05) is 30.9 Å². The molecular weight excluding hydrogens is 512 g/mol. The zero-order valence-electron chi connectivity index (χ0n) is 23.1. The maximum Gasteiger partial charge on any atom is 0.295 e. The molecule has 0 saturated carbocycles. The highest BCUT2D eigenvalue weighted by atomic mass is 32.2. The number of fused-ring (bicyclic) bond motifs is 3. The fourth-order valence-corrected chi connectivity index (χ4v) is 6.73. The summed E-state index contributed by atoms with van der Waals surface area (Å²) in [6.07, 6.45) is 5.64. The van der Waals surface area contributed by atoms with Crippen LogP contribution in [0.1, 0.15) is 53.6 Å². The predicted molar refractivity (Wildman–Crippen MR) is 154 cm³/mol. The van der Waals surface area contributed by atoms with Gasteiger partial charge in [0.2, 0.25) is 0 Å². The summed E-state index contributed by atoms with van der Waals surface area (Å²) in [5, 5.41) is 0. The second-order valence-corrected chi connectivity index (χ2v) is 12.3. The molecule has 6 nitrogen and oxygen atoms in total. The molecular formula is C32H34O6S. The van der Waals surface area contributed by atoms with Crippen LogP contribution < -0.4 is 14.2 Å². The summed E-state index contributed by atoms with van der Waals surface area (Å²) in [6, 6.07) is 11.7. The number of rotatable bonds is 6. The zero-order valence-corrected chi connectivity index (χ0v) is 23.9. The highest BCUT2D eigenvalue weighted by Gasteiger charge is 2.31. The van der Waals surface area contributed by atoms with E-state index in [1.165, 1.54) is 0 Å². The normalized spacial score (nSPS) is 15.8. The second-order valence-electron chi connectivity index (χ2n) is 10.9. The Hall–Kier alpha value is -3.55. The lowest BCUT2D eigenvalue weighted by molar-refractivity contribution is 0.0834. The number of hydrogen-bond donors (Lipinski definition) is 1. The van der Waals surface area contributed by atoms with Crippen molar-refractivity contribution in [2.75, 3.05) is 13.2 Å². The van der Waals surface area contributed by atoms with Crippen LogP contribution in [0.15, 0.2) is 53.9 Å². The van der Waals surface area contributed by atoms with E-state index in [0.717, 1.165) is 63.3 Å². The van der Waals surface area contributed by atoms with Gasteiger partial charge in [0.15, 0.2) is 0 Å². The average molecular weight is 547 g/mol. The van der Waals surface area contributed by atoms with E-state index >= 15 is 0 Å². The van der Waals surface area contributed by atoms with Gasteiger partial charge < -0.3 is 14.2 Å². The summed E-state index contributed by atoms with van der Waals surface area (Å²) < 4.78 is 52.8. The first-order valence-electron chi connectivity index (χ1n) is 13.0. The lowest BCUT2D eigenvalue weighted by Gasteiger charge is -2.34. The average Bonchev–Trinajstić information content (AvgIpc) is 2.85. The van der Waals surface area contributed by atoms with Crippen molar-refractivity contribution in [1.82, 2.24) is 0 Å². The molecule has 2 aliphatic rings. The molecule has 3 aromatic rings. The third kappa shape index (κ3) is 5.09. The van der Waals surface area contributed by atoms with E-state index in [2.05, 4.69) is 26.5 Å². The van der Waals surface area contributed by atoms with Gasteiger partial charge in [-0.25, -0.2) is 0 Å². The Morgan fingerprint density at radius 2 is 1.87 bits per heavy atom. The fraction of sp³-hybridized carbons (Fsp3) is 0.312. The van der Waals surface area contributed by atoms with E-state index in [1.54, 1.807) is 26.0 Å². The van der Waals surface area contributed by atoms with Crippen LogP contribution in [0, 0.1) is 20.8 Å². The van der Waals surface area contributed by atoms with Crippen LogP contribution in [-0.4, -0.2) is 31.8 Å². The van der Waals surface area contributed by atoms with Crippen molar-refractivity contribution in [2.24, 2.45) is 0 Å². The first kappa shape index (κ1) is 27.0. The van der Waals surface area contributed by atoms with E-state index in [4.69, 9.17) is 14.2 Å². The Morgan fingerprint density at radius 1 is 1.10 bits per heavy atom. The lowest BCUT2D eigenvalue weighted by atomic mass is 9.90. The van der Waals surface area contributed by atoms with Gasteiger partial charge in [-0.3, -0.25) is 4.55 Å². The maximum atomic E-state index is 12.2. The Labute approximate surface area is 230 Å². The molecule has 0 spiro atoms. The van der Waals surface area contributed by atoms with Crippen molar-refractivity contribution < 1.29 is 27.2 Å². The topological polar surface area (TPSA) is 82.1 Å². The van der Waals surface area contributed by atoms with Crippen molar-refractivity contribution in [2.45, 2.75) is 58.0 Å². The third-order valence-electron chi connectivity index (χ3n) is 7.45. The molecule has 2 heterocycles. The first-order valence-corrected chi connectivity index (χ1v) is 14.5. The molecule has 39 heavy (non-hydrogen) atoms. The van der Waals surface area contributed by atoms with Crippen LogP contribution in [0.5, 0.6) is 17.2 Å². The van der Waals surface area contributed by atoms with Gasteiger partial charge >= 0.3 is 0 Å². The molecule has 0 atom stereocenters. The molecule has 204 valence electrons. The van der Waals surface area contributed by atoms with E-state index in [1.807, 2.05) is 37.3 Å². The van der Waals surface area contributed by atoms with Crippen LogP contribution >= 0.6 is 0 Å². The van der Waals surface area contributed by atoms with Gasteiger partial charge in [0.05, 0.1) is 0 Å². The van der Waals surface area contributed by atoms with E-state index < -0.39 is 10.1 Å². The van der Waals surface area contributed by atoms with E-state index in [9.17, 15) is 13.0 Å². The molecule has 0 radical (unpaired) electrons. The van der Waals surface area contributed by atoms with Crippen molar-refractivity contribution in [3.8, 4) is 28.4 Å². The van der Waals surface area contributed by atoms with Crippen LogP contribution in [0.3, 0.4) is 0 Å². The number of benzene rings is 3. The monoisotopic (exact) mass is 546 g/mol. The standard InChI is InChI=1S/C32H34O6S/c1-7-14-36-28-17-22(29-19(2)15-20(3)31(21(29)4)39(33,34)35)8-10-25(28)24-16-23-9-11-27-26(30(23)37-18-24)12-13-32(5,6)38-27/h7-11,15-17H,1,12-14,18H2,2-6H3,(H,33,34,35). The Balaban J connectivity index is 1.59. The molecule has 0 amide bonds. The van der Waals surface area contributed by atoms with Crippen LogP contribution in [-0.2, 0) is 16.5 Å². The van der Waals surface area contributed by atoms with E-state index in [-0.39, 0.29) is 10.5 Å². The smallest absolute Gasteiger partial charge is 0.295 e. The molecule has 5 rings (SSSR count). The summed E-state index contributed by atoms with van der Waals surface area (Å²) in [4.78, 5) is -0.0589. The molecule has 3 aromatic carbocycles. The lowest BCUT2D eigenvalue weighted by Crippen LogP contribution is -2.33. The molecule has 0 bridgehead atoms. The highest BCUT2D eigenvalue weighted by Crippen LogP contribution is 2.45. The summed E-state index contributed by atoms with van der Waals surface area (Å²) in [5.41, 5.74) is 7.25. The third-order valence-corrected chi connectivity index (χ3v) is 8.59. The van der Waals surface area contributed by atoms with Gasteiger partial charge in [-0.05, 0) is 99.6 Å². The molecule has 7 heteroatoms. The van der Waals surface area contributed by atoms with Gasteiger partial charge in [-0.2, -0.15) is 8.42 Å². The summed E-state index contributed by atoms with van der Waals surface area (Å²) in [7, 11) is -4.38. The van der Waals surface area contributed by atoms with Gasteiger partial charge in [-0.15, -0.1) is 0 Å². The Kier molecular flexibility index (Phi) is 6.85. The van der Waals surface area contributed by atoms with Crippen molar-refractivity contribution in [1.29, 1.82) is 0 Å². The highest BCUT2D eigenvalue weighted by molar-refractivity contribution is 7.86. The predicted octanol–water partition coefficient (Wildman–Crippen LogP) is 7.13. The summed E-state index contributed by atoms with van der Waals surface area (Å²) >= 11 is 0. The minimum Gasteiger partial charge on any atom is -0.489 e. The van der Waals surface area contributed by atoms with Crippen LogP contribution in [0.2, 0.25) is 0 Å². The molecule has 1 N–H and O–H groups in total. The van der Waals surface area contributed by atoms with E-state index in [0.29, 0.717) is 30.1 Å². The SMILES string of the molecule is C=CCOc1cc(-c2c(C)cc(C)c(S(=O)(=O)O)c2C)ccc1C1=Cc2ccc3c(c2OC1)CCC(C)(C)O3. The van der Waals surface area contributed by atoms with Crippen molar-refractivity contribution >= 4 is 21.8 Å². The molecule has 0 unspecified atom stereocenters. The van der Waals surface area contributed by atoms with Crippen LogP contribution in [0.25, 0.3) is 22.8 Å². The molecule has 0 aliphatic carbocycles. The first-order chi connectivity index (χ1) is 18.4. The maximum absolute atomic E-state index is 12.2. The second kappa shape index (κ2) is 9.88. The van der Waals surface area contributed by atoms with Crippen molar-refractivity contribution in [3.05, 3.63) is 82.4 Å². The largest absolute Gasteiger partial charge is 0.489 e. The van der Waals surface area contributed by atoms with Gasteiger partial charge in [0.25, 0.3) is 10.1 Å². The zero-order chi connectivity index (χ0) is 28.1. The Morgan fingerprint density at radius 3 is 2.59 bits per heavy atom. The molecule has 0 fully saturated rings. The number of ether oxygens (including phenoxy) is 3. The fourth-order valence-electron chi connectivity index (χ4n) is 5.77. The molecule has 0 aromatic heterocycles.